The monoisotopic (exact) mass is 213 g/mol. The molecule has 1 aliphatic carbocycles. The highest BCUT2D eigenvalue weighted by Crippen LogP contribution is 2.32. The van der Waals surface area contributed by atoms with Crippen molar-refractivity contribution >= 4 is 6.41 Å². The van der Waals surface area contributed by atoms with Crippen molar-refractivity contribution in [3.63, 3.8) is 0 Å². The van der Waals surface area contributed by atoms with Gasteiger partial charge in [0.15, 0.2) is 0 Å². The van der Waals surface area contributed by atoms with Crippen LogP contribution in [0.3, 0.4) is 0 Å². The largest absolute Gasteiger partial charge is 0.359 e. The van der Waals surface area contributed by atoms with Gasteiger partial charge in [-0.15, -0.1) is 0 Å². The smallest absolute Gasteiger partial charge is 0.207 e. The van der Waals surface area contributed by atoms with Crippen LogP contribution in [0.5, 0.6) is 0 Å². The Morgan fingerprint density at radius 3 is 2.07 bits per heavy atom. The number of amides is 1. The van der Waals surface area contributed by atoms with Gasteiger partial charge in [0.1, 0.15) is 0 Å². The molecule has 1 N–H and O–H groups in total. The van der Waals surface area contributed by atoms with E-state index in [0.29, 0.717) is 6.41 Å². The predicted octanol–water partition coefficient (Wildman–Crippen LogP) is 3.22. The Bertz CT molecular complexity index is 149. The molecular formula is C13H27NO. The molecule has 1 fully saturated rings. The summed E-state index contributed by atoms with van der Waals surface area (Å²) < 4.78 is 0. The van der Waals surface area contributed by atoms with Crippen molar-refractivity contribution in [3.05, 3.63) is 0 Å². The molecule has 2 nitrogen and oxygen atoms in total. The molecular weight excluding hydrogens is 186 g/mol. The first-order valence-electron chi connectivity index (χ1n) is 6.28. The molecule has 0 atom stereocenters. The third-order valence-corrected chi connectivity index (χ3v) is 3.29. The Hall–Kier alpha value is -0.530. The molecule has 0 unspecified atom stereocenters. The Balaban J connectivity index is 0.000000336. The van der Waals surface area contributed by atoms with E-state index in [4.69, 9.17) is 0 Å². The summed E-state index contributed by atoms with van der Waals surface area (Å²) in [5, 5.41) is 2.43. The van der Waals surface area contributed by atoms with E-state index in [1.165, 1.54) is 25.7 Å². The van der Waals surface area contributed by atoms with Gasteiger partial charge in [-0.1, -0.05) is 33.6 Å². The fourth-order valence-corrected chi connectivity index (χ4v) is 2.04. The molecule has 1 aliphatic rings. The van der Waals surface area contributed by atoms with E-state index in [0.717, 1.165) is 24.3 Å². The van der Waals surface area contributed by atoms with Gasteiger partial charge in [0.25, 0.3) is 0 Å². The predicted molar refractivity (Wildman–Crippen MR) is 65.7 cm³/mol. The number of carbonyl (C=O) groups excluding carboxylic acids is 1. The van der Waals surface area contributed by atoms with Gasteiger partial charge in [-0.3, -0.25) is 4.79 Å². The maximum atomic E-state index is 9.29. The number of carbonyl (C=O) groups is 1. The second kappa shape index (κ2) is 8.75. The lowest BCUT2D eigenvalue weighted by atomic mass is 9.78. The van der Waals surface area contributed by atoms with E-state index in [2.05, 4.69) is 26.1 Å². The molecule has 0 spiro atoms. The van der Waals surface area contributed by atoms with E-state index < -0.39 is 0 Å². The Labute approximate surface area is 94.8 Å². The molecule has 90 valence electrons. The average Bonchev–Trinajstić information content (AvgIpc) is 2.20. The van der Waals surface area contributed by atoms with Crippen molar-refractivity contribution in [2.24, 2.45) is 17.8 Å². The zero-order valence-electron chi connectivity index (χ0n) is 10.8. The fraction of sp³-hybridized carbons (Fsp3) is 0.923. The molecule has 1 amide bonds. The van der Waals surface area contributed by atoms with Crippen molar-refractivity contribution in [2.75, 3.05) is 6.54 Å². The highest BCUT2D eigenvalue weighted by molar-refractivity contribution is 5.45. The number of hydrogen-bond acceptors (Lipinski definition) is 1. The van der Waals surface area contributed by atoms with Crippen LogP contribution in [0.25, 0.3) is 0 Å². The van der Waals surface area contributed by atoms with Crippen LogP contribution in [0, 0.1) is 17.8 Å². The summed E-state index contributed by atoms with van der Waals surface area (Å²) in [7, 11) is 0. The van der Waals surface area contributed by atoms with Gasteiger partial charge in [0, 0.05) is 6.54 Å². The van der Waals surface area contributed by atoms with Gasteiger partial charge in [-0.05, 0) is 37.5 Å². The third kappa shape index (κ3) is 7.40. The van der Waals surface area contributed by atoms with Crippen LogP contribution in [0.4, 0.5) is 0 Å². The van der Waals surface area contributed by atoms with Crippen molar-refractivity contribution in [1.82, 2.24) is 5.32 Å². The topological polar surface area (TPSA) is 29.1 Å². The van der Waals surface area contributed by atoms with E-state index in [9.17, 15) is 4.79 Å². The summed E-state index contributed by atoms with van der Waals surface area (Å²) in [5.41, 5.74) is 0. The van der Waals surface area contributed by atoms with E-state index >= 15 is 0 Å². The number of hydrogen-bond donors (Lipinski definition) is 1. The first-order valence-corrected chi connectivity index (χ1v) is 6.28. The van der Waals surface area contributed by atoms with Crippen molar-refractivity contribution < 1.29 is 4.79 Å². The first kappa shape index (κ1) is 14.5. The van der Waals surface area contributed by atoms with Crippen LogP contribution in [0.15, 0.2) is 0 Å². The summed E-state index contributed by atoms with van der Waals surface area (Å²) in [4.78, 5) is 9.29. The second-order valence-corrected chi connectivity index (χ2v) is 4.94. The van der Waals surface area contributed by atoms with Crippen molar-refractivity contribution in [3.8, 4) is 0 Å². The zero-order valence-corrected chi connectivity index (χ0v) is 10.8. The van der Waals surface area contributed by atoms with E-state index in [1.807, 2.05) is 6.92 Å². The quantitative estimate of drug-likeness (QED) is 0.717. The van der Waals surface area contributed by atoms with Crippen LogP contribution in [0.2, 0.25) is 0 Å². The van der Waals surface area contributed by atoms with Gasteiger partial charge in [0.2, 0.25) is 6.41 Å². The fourth-order valence-electron chi connectivity index (χ4n) is 2.04. The molecule has 2 heteroatoms. The van der Waals surface area contributed by atoms with Crippen LogP contribution < -0.4 is 5.32 Å². The molecule has 0 heterocycles. The lowest BCUT2D eigenvalue weighted by Gasteiger charge is -2.28. The standard InChI is InChI=1S/C10H20.C3H7NO/c1-8(2)10-6-4-9(3)5-7-10;1-2-4-3-5/h8-10H,4-7H2,1-3H3;3H,2H2,1H3,(H,4,5). The minimum Gasteiger partial charge on any atom is -0.359 e. The molecule has 1 rings (SSSR count). The molecule has 0 aromatic heterocycles. The molecule has 0 aliphatic heterocycles. The minimum atomic E-state index is 0.681. The lowest BCUT2D eigenvalue weighted by molar-refractivity contribution is -0.109. The molecule has 15 heavy (non-hydrogen) atoms. The average molecular weight is 213 g/mol. The molecule has 0 bridgehead atoms. The lowest BCUT2D eigenvalue weighted by Crippen LogP contribution is -2.16. The number of nitrogens with one attached hydrogen (secondary N) is 1. The summed E-state index contributed by atoms with van der Waals surface area (Å²) >= 11 is 0. The summed E-state index contributed by atoms with van der Waals surface area (Å²) in [5.74, 6) is 2.97. The Morgan fingerprint density at radius 2 is 1.80 bits per heavy atom. The van der Waals surface area contributed by atoms with Gasteiger partial charge < -0.3 is 5.32 Å². The summed E-state index contributed by atoms with van der Waals surface area (Å²) in [6.07, 6.45) is 6.60. The second-order valence-electron chi connectivity index (χ2n) is 4.94. The van der Waals surface area contributed by atoms with Crippen molar-refractivity contribution in [1.29, 1.82) is 0 Å². The van der Waals surface area contributed by atoms with Gasteiger partial charge >= 0.3 is 0 Å². The molecule has 0 aromatic carbocycles. The van der Waals surface area contributed by atoms with Crippen LogP contribution >= 0.6 is 0 Å². The molecule has 0 radical (unpaired) electrons. The van der Waals surface area contributed by atoms with Crippen LogP contribution in [-0.2, 0) is 4.79 Å². The number of rotatable bonds is 3. The first-order chi connectivity index (χ1) is 7.11. The zero-order chi connectivity index (χ0) is 11.7. The molecule has 1 saturated carbocycles. The maximum absolute atomic E-state index is 9.29. The highest BCUT2D eigenvalue weighted by atomic mass is 16.1. The maximum Gasteiger partial charge on any atom is 0.207 e. The van der Waals surface area contributed by atoms with E-state index in [-0.39, 0.29) is 0 Å². The summed E-state index contributed by atoms with van der Waals surface area (Å²) in [6.45, 7) is 9.70. The highest BCUT2D eigenvalue weighted by Gasteiger charge is 2.19. The summed E-state index contributed by atoms with van der Waals surface area (Å²) in [6, 6.07) is 0. The van der Waals surface area contributed by atoms with Gasteiger partial charge in [0.05, 0.1) is 0 Å². The Kier molecular flexibility index (Phi) is 8.44. The van der Waals surface area contributed by atoms with Crippen molar-refractivity contribution in [2.45, 2.75) is 53.4 Å². The van der Waals surface area contributed by atoms with Crippen LogP contribution in [0.1, 0.15) is 53.4 Å². The van der Waals surface area contributed by atoms with Gasteiger partial charge in [-0.25, -0.2) is 0 Å². The SMILES string of the molecule is CC1CCC(C(C)C)CC1.CCNC=O. The third-order valence-electron chi connectivity index (χ3n) is 3.29. The molecule has 0 aromatic rings. The molecule has 0 saturated heterocycles. The van der Waals surface area contributed by atoms with Gasteiger partial charge in [-0.2, -0.15) is 0 Å². The minimum absolute atomic E-state index is 0.681. The van der Waals surface area contributed by atoms with Crippen LogP contribution in [-0.4, -0.2) is 13.0 Å². The van der Waals surface area contributed by atoms with E-state index in [1.54, 1.807) is 0 Å². The Morgan fingerprint density at radius 1 is 1.27 bits per heavy atom. The normalized spacial score (nSPS) is 25.4.